The second-order valence-electron chi connectivity index (χ2n) is 6.44. The molecule has 1 aromatic rings. The largest absolute Gasteiger partial charge is 0.477 e. The van der Waals surface area contributed by atoms with Crippen molar-refractivity contribution in [1.29, 1.82) is 0 Å². The number of hydrogen-bond donors (Lipinski definition) is 0. The molecule has 5 nitrogen and oxygen atoms in total. The quantitative estimate of drug-likeness (QED) is 0.615. The normalized spacial score (nSPS) is 19.3. The summed E-state index contributed by atoms with van der Waals surface area (Å²) >= 11 is 0. The molecule has 1 aliphatic carbocycles. The monoisotopic (exact) mass is 326 g/mol. The maximum absolute atomic E-state index is 12.1. The zero-order valence-corrected chi connectivity index (χ0v) is 14.5. The molecule has 2 fully saturated rings. The van der Waals surface area contributed by atoms with E-state index in [9.17, 15) is 4.79 Å². The molecule has 2 heterocycles. The van der Waals surface area contributed by atoms with Gasteiger partial charge in [0.2, 0.25) is 11.8 Å². The first-order valence-corrected chi connectivity index (χ1v) is 8.70. The fourth-order valence-electron chi connectivity index (χ4n) is 3.21. The van der Waals surface area contributed by atoms with Gasteiger partial charge in [-0.25, -0.2) is 0 Å². The topological polar surface area (TPSA) is 57.7 Å². The number of pyridine rings is 1. The average Bonchev–Trinajstić information content (AvgIpc) is 2.62. The Labute approximate surface area is 155 Å². The molecule has 0 unspecified atom stereocenters. The Bertz CT molecular complexity index is 513. The van der Waals surface area contributed by atoms with E-state index in [4.69, 9.17) is 14.2 Å². The smallest absolute Gasteiger partial charge is 0.315 e. The van der Waals surface area contributed by atoms with Crippen molar-refractivity contribution in [2.24, 2.45) is 11.8 Å². The molecule has 1 aliphatic heterocycles. The third-order valence-electron chi connectivity index (χ3n) is 4.65. The van der Waals surface area contributed by atoms with Crippen molar-refractivity contribution in [1.82, 2.24) is 4.98 Å². The number of rotatable bonds is 5. The van der Waals surface area contributed by atoms with Crippen molar-refractivity contribution in [2.75, 3.05) is 19.8 Å². The Morgan fingerprint density at radius 1 is 1.08 bits per heavy atom. The third-order valence-corrected chi connectivity index (χ3v) is 4.65. The van der Waals surface area contributed by atoms with E-state index in [1.54, 1.807) is 6.07 Å². The minimum absolute atomic E-state index is 0. The second-order valence-corrected chi connectivity index (χ2v) is 6.44. The second kappa shape index (κ2) is 10.1. The average molecular weight is 326 g/mol. The van der Waals surface area contributed by atoms with Crippen molar-refractivity contribution in [3.05, 3.63) is 18.2 Å². The van der Waals surface area contributed by atoms with Crippen molar-refractivity contribution in [3.8, 4) is 11.8 Å². The molecule has 1 radical (unpaired) electrons. The minimum atomic E-state index is -0.217. The Kier molecular flexibility index (Phi) is 8.11. The van der Waals surface area contributed by atoms with Crippen LogP contribution in [-0.2, 0) is 9.53 Å². The van der Waals surface area contributed by atoms with Gasteiger partial charge in [-0.15, -0.1) is 0 Å². The summed E-state index contributed by atoms with van der Waals surface area (Å²) in [5.41, 5.74) is 0. The maximum Gasteiger partial charge on any atom is 0.315 e. The van der Waals surface area contributed by atoms with Gasteiger partial charge < -0.3 is 14.2 Å². The molecule has 1 saturated heterocycles. The molecule has 0 N–H and O–H groups in total. The molecule has 1 aromatic heterocycles. The minimum Gasteiger partial charge on any atom is -0.477 e. The van der Waals surface area contributed by atoms with E-state index in [1.165, 1.54) is 32.1 Å². The van der Waals surface area contributed by atoms with Crippen LogP contribution in [0, 0.1) is 11.8 Å². The van der Waals surface area contributed by atoms with Crippen LogP contribution in [0.4, 0.5) is 0 Å². The van der Waals surface area contributed by atoms with Crippen LogP contribution in [0.15, 0.2) is 18.2 Å². The number of carbonyl (C=O) groups is 1. The van der Waals surface area contributed by atoms with Gasteiger partial charge in [0.25, 0.3) is 0 Å². The summed E-state index contributed by atoms with van der Waals surface area (Å²) in [6.07, 6.45) is 7.84. The van der Waals surface area contributed by atoms with Gasteiger partial charge in [0, 0.05) is 44.2 Å². The van der Waals surface area contributed by atoms with Gasteiger partial charge in [0.1, 0.15) is 0 Å². The first-order chi connectivity index (χ1) is 11.3. The van der Waals surface area contributed by atoms with Crippen LogP contribution in [0.5, 0.6) is 11.8 Å². The predicted molar refractivity (Wildman–Crippen MR) is 91.2 cm³/mol. The van der Waals surface area contributed by atoms with Gasteiger partial charge in [0.05, 0.1) is 12.5 Å². The number of nitrogens with zero attached hydrogens (tertiary/aromatic N) is 1. The third kappa shape index (κ3) is 5.80. The van der Waals surface area contributed by atoms with Crippen LogP contribution < -0.4 is 9.47 Å². The molecular weight excluding hydrogens is 301 g/mol. The fourth-order valence-corrected chi connectivity index (χ4v) is 3.21. The predicted octanol–water partition coefficient (Wildman–Crippen LogP) is 2.99. The first kappa shape index (κ1) is 19.3. The number of aromatic nitrogens is 1. The summed E-state index contributed by atoms with van der Waals surface area (Å²) in [5.74, 6) is 1.18. The van der Waals surface area contributed by atoms with E-state index in [0.29, 0.717) is 37.5 Å². The van der Waals surface area contributed by atoms with E-state index in [1.807, 2.05) is 12.1 Å². The Hall–Kier alpha value is -1.02. The molecule has 0 aromatic carbocycles. The molecule has 3 rings (SSSR count). The van der Waals surface area contributed by atoms with E-state index < -0.39 is 0 Å². The van der Waals surface area contributed by atoms with Crippen molar-refractivity contribution in [3.63, 3.8) is 0 Å². The standard InChI is InChI=1S/C18H25NO4.Li/c20-18(15-9-11-21-12-10-15)23-17-8-4-7-16(19-17)22-13-14-5-2-1-3-6-14;/h4,7-8,14-15H,1-3,5-6,9-13H2;. The summed E-state index contributed by atoms with van der Waals surface area (Å²) in [6, 6.07) is 5.33. The van der Waals surface area contributed by atoms with E-state index in [-0.39, 0.29) is 30.7 Å². The summed E-state index contributed by atoms with van der Waals surface area (Å²) in [4.78, 5) is 16.4. The molecule has 0 atom stereocenters. The van der Waals surface area contributed by atoms with E-state index in [2.05, 4.69) is 4.98 Å². The van der Waals surface area contributed by atoms with E-state index >= 15 is 0 Å². The van der Waals surface area contributed by atoms with Crippen LogP contribution in [0.25, 0.3) is 0 Å². The van der Waals surface area contributed by atoms with Crippen molar-refractivity contribution < 1.29 is 19.0 Å². The molecule has 2 aliphatic rings. The Balaban J connectivity index is 0.00000208. The van der Waals surface area contributed by atoms with Crippen LogP contribution in [-0.4, -0.2) is 49.6 Å². The van der Waals surface area contributed by atoms with Gasteiger partial charge in [-0.05, 0) is 31.6 Å². The summed E-state index contributed by atoms with van der Waals surface area (Å²) in [7, 11) is 0. The van der Waals surface area contributed by atoms with Crippen LogP contribution >= 0.6 is 0 Å². The Morgan fingerprint density at radius 3 is 2.54 bits per heavy atom. The summed E-state index contributed by atoms with van der Waals surface area (Å²) in [5, 5.41) is 0. The molecule has 6 heteroatoms. The number of carbonyl (C=O) groups excluding carboxylic acids is 1. The SMILES string of the molecule is O=C(Oc1cccc(OCC2CCCCC2)n1)C1CCOCC1.[Li]. The van der Waals surface area contributed by atoms with Crippen LogP contribution in [0.1, 0.15) is 44.9 Å². The fraction of sp³-hybridized carbons (Fsp3) is 0.667. The van der Waals surface area contributed by atoms with Gasteiger partial charge in [-0.3, -0.25) is 4.79 Å². The number of hydrogen-bond acceptors (Lipinski definition) is 5. The maximum atomic E-state index is 12.1. The number of ether oxygens (including phenoxy) is 3. The first-order valence-electron chi connectivity index (χ1n) is 8.70. The van der Waals surface area contributed by atoms with Gasteiger partial charge in [0.15, 0.2) is 0 Å². The molecular formula is C18H25LiNO4. The van der Waals surface area contributed by atoms with Gasteiger partial charge in [-0.2, -0.15) is 4.98 Å². The zero-order chi connectivity index (χ0) is 15.9. The Morgan fingerprint density at radius 2 is 1.79 bits per heavy atom. The summed E-state index contributed by atoms with van der Waals surface area (Å²) < 4.78 is 16.5. The van der Waals surface area contributed by atoms with E-state index in [0.717, 1.165) is 12.8 Å². The van der Waals surface area contributed by atoms with Gasteiger partial charge in [-0.1, -0.05) is 25.3 Å². The summed E-state index contributed by atoms with van der Waals surface area (Å²) in [6.45, 7) is 1.94. The molecule has 0 bridgehead atoms. The van der Waals surface area contributed by atoms with Crippen molar-refractivity contribution in [2.45, 2.75) is 44.9 Å². The molecule has 0 spiro atoms. The zero-order valence-electron chi connectivity index (χ0n) is 14.5. The molecule has 127 valence electrons. The van der Waals surface area contributed by atoms with Crippen LogP contribution in [0.2, 0.25) is 0 Å². The van der Waals surface area contributed by atoms with Crippen molar-refractivity contribution >= 4 is 24.8 Å². The molecule has 24 heavy (non-hydrogen) atoms. The molecule has 0 amide bonds. The number of esters is 1. The molecule has 1 saturated carbocycles. The van der Waals surface area contributed by atoms with Crippen LogP contribution in [0.3, 0.4) is 0 Å². The van der Waals surface area contributed by atoms with Gasteiger partial charge >= 0.3 is 5.97 Å².